The number of carbonyl (C=O) groups is 2. The van der Waals surface area contributed by atoms with Crippen molar-refractivity contribution in [1.29, 1.82) is 0 Å². The molecule has 0 unspecified atom stereocenters. The molecule has 0 spiro atoms. The second-order valence-corrected chi connectivity index (χ2v) is 4.33. The molecule has 1 aromatic rings. The number of carboxylic acid groups (broad SMARTS) is 1. The Morgan fingerprint density at radius 2 is 2.06 bits per heavy atom. The summed E-state index contributed by atoms with van der Waals surface area (Å²) < 4.78 is 5.17. The predicted octanol–water partition coefficient (Wildman–Crippen LogP) is 0.792. The summed E-state index contributed by atoms with van der Waals surface area (Å²) in [6.45, 7) is 0.596. The number of rotatable bonds is 4. The lowest BCUT2D eigenvalue weighted by molar-refractivity contribution is -0.149. The van der Waals surface area contributed by atoms with Gasteiger partial charge in [0.25, 0.3) is 0 Å². The van der Waals surface area contributed by atoms with Crippen molar-refractivity contribution in [2.75, 3.05) is 6.54 Å². The van der Waals surface area contributed by atoms with E-state index in [9.17, 15) is 9.59 Å². The molecule has 0 bridgehead atoms. The number of esters is 1. The number of hydrogen-bond donors (Lipinski definition) is 2. The van der Waals surface area contributed by atoms with Crippen LogP contribution >= 0.6 is 0 Å². The van der Waals surface area contributed by atoms with Gasteiger partial charge in [-0.1, -0.05) is 30.3 Å². The molecule has 1 aliphatic rings. The van der Waals surface area contributed by atoms with Crippen LogP contribution < -0.4 is 5.32 Å². The van der Waals surface area contributed by atoms with Gasteiger partial charge < -0.3 is 15.2 Å². The maximum Gasteiger partial charge on any atom is 0.320 e. The highest BCUT2D eigenvalue weighted by Crippen LogP contribution is 2.16. The summed E-state index contributed by atoms with van der Waals surface area (Å²) in [4.78, 5) is 22.5. The molecule has 18 heavy (non-hydrogen) atoms. The number of benzene rings is 1. The normalized spacial score (nSPS) is 22.7. The Kier molecular flexibility index (Phi) is 3.94. The van der Waals surface area contributed by atoms with Gasteiger partial charge in [-0.25, -0.2) is 0 Å². The summed E-state index contributed by atoms with van der Waals surface area (Å²) in [6, 6.07) is 8.75. The fraction of sp³-hybridized carbons (Fsp3) is 0.385. The van der Waals surface area contributed by atoms with Crippen LogP contribution in [-0.2, 0) is 20.9 Å². The number of ether oxygens (including phenoxy) is 1. The van der Waals surface area contributed by atoms with Crippen molar-refractivity contribution < 1.29 is 19.4 Å². The van der Waals surface area contributed by atoms with Crippen molar-refractivity contribution in [2.24, 2.45) is 5.92 Å². The van der Waals surface area contributed by atoms with Crippen molar-refractivity contribution in [3.8, 4) is 0 Å². The van der Waals surface area contributed by atoms with Crippen molar-refractivity contribution in [1.82, 2.24) is 5.32 Å². The van der Waals surface area contributed by atoms with Gasteiger partial charge in [-0.15, -0.1) is 0 Å². The first-order valence-corrected chi connectivity index (χ1v) is 5.83. The molecule has 5 heteroatoms. The van der Waals surface area contributed by atoms with Crippen LogP contribution in [0, 0.1) is 5.92 Å². The lowest BCUT2D eigenvalue weighted by atomic mass is 10.1. The lowest BCUT2D eigenvalue weighted by Gasteiger charge is -2.09. The van der Waals surface area contributed by atoms with Crippen molar-refractivity contribution >= 4 is 11.9 Å². The Morgan fingerprint density at radius 1 is 1.33 bits per heavy atom. The third-order valence-corrected chi connectivity index (χ3v) is 2.99. The first-order chi connectivity index (χ1) is 8.66. The summed E-state index contributed by atoms with van der Waals surface area (Å²) in [5.74, 6) is -1.63. The minimum Gasteiger partial charge on any atom is -0.480 e. The van der Waals surface area contributed by atoms with E-state index in [1.807, 2.05) is 30.3 Å². The molecule has 2 atom stereocenters. The smallest absolute Gasteiger partial charge is 0.320 e. The molecule has 1 aliphatic heterocycles. The van der Waals surface area contributed by atoms with E-state index < -0.39 is 12.0 Å². The number of carboxylic acids is 1. The molecule has 2 rings (SSSR count). The number of nitrogens with one attached hydrogen (secondary N) is 1. The molecular weight excluding hydrogens is 234 g/mol. The molecule has 2 N–H and O–H groups in total. The average molecular weight is 249 g/mol. The SMILES string of the molecule is O=C(OCc1ccccc1)[C@@H]1CN[C@H](C(=O)O)C1. The maximum absolute atomic E-state index is 11.7. The van der Waals surface area contributed by atoms with E-state index in [1.165, 1.54) is 0 Å². The molecule has 0 amide bonds. The quantitative estimate of drug-likeness (QED) is 0.772. The summed E-state index contributed by atoms with van der Waals surface area (Å²) in [5, 5.41) is 11.6. The van der Waals surface area contributed by atoms with Crippen LogP contribution in [0.15, 0.2) is 30.3 Å². The third-order valence-electron chi connectivity index (χ3n) is 2.99. The highest BCUT2D eigenvalue weighted by atomic mass is 16.5. The molecule has 1 heterocycles. The fourth-order valence-electron chi connectivity index (χ4n) is 1.95. The van der Waals surface area contributed by atoms with Crippen LogP contribution in [0.2, 0.25) is 0 Å². The van der Waals surface area contributed by atoms with Crippen molar-refractivity contribution in [3.05, 3.63) is 35.9 Å². The molecule has 0 radical (unpaired) electrons. The highest BCUT2D eigenvalue weighted by Gasteiger charge is 2.34. The van der Waals surface area contributed by atoms with Gasteiger partial charge in [-0.05, 0) is 12.0 Å². The zero-order valence-electron chi connectivity index (χ0n) is 9.83. The Balaban J connectivity index is 1.81. The highest BCUT2D eigenvalue weighted by molar-refractivity contribution is 5.78. The Bertz CT molecular complexity index is 432. The monoisotopic (exact) mass is 249 g/mol. The van der Waals surface area contributed by atoms with Gasteiger partial charge in [0, 0.05) is 6.54 Å². The molecule has 96 valence electrons. The molecular formula is C13H15NO4. The van der Waals surface area contributed by atoms with E-state index in [2.05, 4.69) is 5.32 Å². The molecule has 1 fully saturated rings. The predicted molar refractivity (Wildman–Crippen MR) is 63.8 cm³/mol. The maximum atomic E-state index is 11.7. The van der Waals surface area contributed by atoms with Crippen LogP contribution in [0.4, 0.5) is 0 Å². The minimum atomic E-state index is -0.923. The Hall–Kier alpha value is -1.88. The average Bonchev–Trinajstić information content (AvgIpc) is 2.87. The topological polar surface area (TPSA) is 75.6 Å². The van der Waals surface area contributed by atoms with Gasteiger partial charge >= 0.3 is 11.9 Å². The second kappa shape index (κ2) is 5.64. The van der Waals surface area contributed by atoms with Gasteiger partial charge in [0.05, 0.1) is 5.92 Å². The van der Waals surface area contributed by atoms with E-state index >= 15 is 0 Å². The van der Waals surface area contributed by atoms with Crippen LogP contribution in [0.25, 0.3) is 0 Å². The summed E-state index contributed by atoms with van der Waals surface area (Å²) >= 11 is 0. The zero-order valence-corrected chi connectivity index (χ0v) is 9.83. The standard InChI is InChI=1S/C13H15NO4/c15-12(16)11-6-10(7-14-11)13(17)18-8-9-4-2-1-3-5-9/h1-5,10-11,14H,6-8H2,(H,15,16)/t10-,11-/m0/s1. The lowest BCUT2D eigenvalue weighted by Crippen LogP contribution is -2.29. The van der Waals surface area contributed by atoms with Crippen molar-refractivity contribution in [2.45, 2.75) is 19.1 Å². The van der Waals surface area contributed by atoms with Crippen LogP contribution in [0.3, 0.4) is 0 Å². The Morgan fingerprint density at radius 3 is 2.67 bits per heavy atom. The van der Waals surface area contributed by atoms with E-state index in [1.54, 1.807) is 0 Å². The number of aliphatic carboxylic acids is 1. The molecule has 0 aliphatic carbocycles. The van der Waals surface area contributed by atoms with Gasteiger partial charge in [-0.3, -0.25) is 9.59 Å². The first-order valence-electron chi connectivity index (χ1n) is 5.83. The number of carbonyl (C=O) groups excluding carboxylic acids is 1. The molecule has 0 saturated carbocycles. The van der Waals surface area contributed by atoms with E-state index in [4.69, 9.17) is 9.84 Å². The van der Waals surface area contributed by atoms with Crippen LogP contribution in [0.1, 0.15) is 12.0 Å². The summed E-state index contributed by atoms with van der Waals surface area (Å²) in [5.41, 5.74) is 0.923. The van der Waals surface area contributed by atoms with E-state index in [0.29, 0.717) is 13.0 Å². The number of hydrogen-bond acceptors (Lipinski definition) is 4. The van der Waals surface area contributed by atoms with Gasteiger partial charge in [0.2, 0.25) is 0 Å². The fourth-order valence-corrected chi connectivity index (χ4v) is 1.95. The largest absolute Gasteiger partial charge is 0.480 e. The van der Waals surface area contributed by atoms with Crippen LogP contribution in [-0.4, -0.2) is 29.6 Å². The molecule has 1 aromatic carbocycles. The Labute approximate surface area is 105 Å². The summed E-state index contributed by atoms with van der Waals surface area (Å²) in [6.07, 6.45) is 0.295. The van der Waals surface area contributed by atoms with Crippen molar-refractivity contribution in [3.63, 3.8) is 0 Å². The second-order valence-electron chi connectivity index (χ2n) is 4.33. The zero-order chi connectivity index (χ0) is 13.0. The molecule has 1 saturated heterocycles. The summed E-state index contributed by atoms with van der Waals surface area (Å²) in [7, 11) is 0. The molecule has 0 aromatic heterocycles. The van der Waals surface area contributed by atoms with E-state index in [-0.39, 0.29) is 18.5 Å². The van der Waals surface area contributed by atoms with Crippen LogP contribution in [0.5, 0.6) is 0 Å². The first kappa shape index (κ1) is 12.6. The minimum absolute atomic E-state index is 0.230. The molecule has 5 nitrogen and oxygen atoms in total. The third kappa shape index (κ3) is 3.07. The van der Waals surface area contributed by atoms with Gasteiger partial charge in [-0.2, -0.15) is 0 Å². The van der Waals surface area contributed by atoms with Gasteiger partial charge in [0.1, 0.15) is 12.6 Å². The van der Waals surface area contributed by atoms with Gasteiger partial charge in [0.15, 0.2) is 0 Å². The van der Waals surface area contributed by atoms with E-state index in [0.717, 1.165) is 5.56 Å².